The molecular formula is C10H16INO3. The zero-order valence-corrected chi connectivity index (χ0v) is 11.1. The summed E-state index contributed by atoms with van der Waals surface area (Å²) in [7, 11) is 3.42. The van der Waals surface area contributed by atoms with Gasteiger partial charge in [-0.2, -0.15) is 0 Å². The van der Waals surface area contributed by atoms with Crippen LogP contribution in [-0.4, -0.2) is 45.8 Å². The quantitative estimate of drug-likeness (QED) is 0.439. The van der Waals surface area contributed by atoms with Crippen molar-refractivity contribution in [2.24, 2.45) is 5.92 Å². The second kappa shape index (κ2) is 3.85. The molecule has 86 valence electrons. The van der Waals surface area contributed by atoms with Gasteiger partial charge in [0.05, 0.1) is 7.11 Å². The zero-order valence-electron chi connectivity index (χ0n) is 8.94. The molecule has 0 spiro atoms. The predicted molar refractivity (Wildman–Crippen MR) is 63.7 cm³/mol. The van der Waals surface area contributed by atoms with Crippen LogP contribution < -0.4 is 0 Å². The Morgan fingerprint density at radius 3 is 2.87 bits per heavy atom. The van der Waals surface area contributed by atoms with E-state index in [2.05, 4.69) is 4.90 Å². The van der Waals surface area contributed by atoms with Gasteiger partial charge >= 0.3 is 5.97 Å². The number of aliphatic hydroxyl groups is 1. The molecule has 0 aliphatic carbocycles. The van der Waals surface area contributed by atoms with Gasteiger partial charge in [-0.15, -0.1) is 0 Å². The number of carbonyl (C=O) groups is 1. The van der Waals surface area contributed by atoms with Crippen LogP contribution in [0.3, 0.4) is 0 Å². The summed E-state index contributed by atoms with van der Waals surface area (Å²) < 4.78 is 3.85. The molecule has 4 atom stereocenters. The number of ether oxygens (including phenoxy) is 1. The van der Waals surface area contributed by atoms with E-state index in [0.717, 1.165) is 12.8 Å². The average molecular weight is 325 g/mol. The first kappa shape index (κ1) is 11.6. The van der Waals surface area contributed by atoms with Crippen molar-refractivity contribution in [2.75, 3.05) is 14.2 Å². The van der Waals surface area contributed by atoms with Gasteiger partial charge in [0.2, 0.25) is 0 Å². The Bertz CT molecular complexity index is 282. The number of hydrogen-bond donors (Lipinski definition) is 1. The Labute approximate surface area is 103 Å². The van der Waals surface area contributed by atoms with Crippen LogP contribution in [0.15, 0.2) is 0 Å². The first-order chi connectivity index (χ1) is 6.97. The van der Waals surface area contributed by atoms with Gasteiger partial charge in [-0.25, -0.2) is 0 Å². The van der Waals surface area contributed by atoms with Crippen LogP contribution in [0.2, 0.25) is 0 Å². The molecule has 15 heavy (non-hydrogen) atoms. The number of carbonyl (C=O) groups excluding carboxylic acids is 1. The molecule has 0 aromatic rings. The maximum Gasteiger partial charge on any atom is 0.314 e. The van der Waals surface area contributed by atoms with E-state index in [1.165, 1.54) is 7.11 Å². The Morgan fingerprint density at radius 2 is 2.27 bits per heavy atom. The van der Waals surface area contributed by atoms with Gasteiger partial charge in [-0.1, -0.05) is 0 Å². The fourth-order valence-electron chi connectivity index (χ4n) is 2.91. The third kappa shape index (κ3) is 1.78. The van der Waals surface area contributed by atoms with Crippen molar-refractivity contribution in [2.45, 2.75) is 35.0 Å². The molecule has 2 fully saturated rings. The Hall–Kier alpha value is 0.120. The number of methoxy groups -OCH3 is 1. The number of piperidine rings is 1. The molecule has 5 heteroatoms. The molecule has 0 radical (unpaired) electrons. The Morgan fingerprint density at radius 1 is 1.60 bits per heavy atom. The molecule has 0 amide bonds. The molecule has 2 aliphatic heterocycles. The molecule has 4 nitrogen and oxygen atoms in total. The molecule has 2 bridgehead atoms. The minimum atomic E-state index is -0.941. The lowest BCUT2D eigenvalue weighted by Gasteiger charge is -2.43. The van der Waals surface area contributed by atoms with Gasteiger partial charge in [-0.05, 0) is 42.5 Å². The lowest BCUT2D eigenvalue weighted by Crippen LogP contribution is -2.56. The molecule has 0 aromatic heterocycles. The summed E-state index contributed by atoms with van der Waals surface area (Å²) in [6.07, 6.45) is 2.70. The van der Waals surface area contributed by atoms with E-state index in [-0.39, 0.29) is 12.0 Å². The van der Waals surface area contributed by atoms with Crippen molar-refractivity contribution in [1.29, 1.82) is 0 Å². The third-order valence-electron chi connectivity index (χ3n) is 3.73. The summed E-state index contributed by atoms with van der Waals surface area (Å²) in [5, 5.41) is 10.3. The van der Waals surface area contributed by atoms with Crippen molar-refractivity contribution in [3.05, 3.63) is 0 Å². The van der Waals surface area contributed by atoms with Crippen LogP contribution in [0.4, 0.5) is 0 Å². The molecule has 1 N–H and O–H groups in total. The molecule has 2 heterocycles. The SMILES string of the molecule is COC(=O)C1C2CCC(CC1(O)I)N2C. The fourth-order valence-corrected chi connectivity index (χ4v) is 4.08. The second-order valence-corrected chi connectivity index (χ2v) is 6.36. The van der Waals surface area contributed by atoms with E-state index >= 15 is 0 Å². The highest BCUT2D eigenvalue weighted by molar-refractivity contribution is 14.1. The number of esters is 1. The Kier molecular flexibility index (Phi) is 2.98. The van der Waals surface area contributed by atoms with E-state index in [4.69, 9.17) is 4.74 Å². The van der Waals surface area contributed by atoms with E-state index in [9.17, 15) is 9.90 Å². The van der Waals surface area contributed by atoms with Crippen LogP contribution in [0.5, 0.6) is 0 Å². The van der Waals surface area contributed by atoms with Crippen molar-refractivity contribution >= 4 is 28.6 Å². The molecular weight excluding hydrogens is 309 g/mol. The number of fused-ring (bicyclic) bond motifs is 2. The number of hydrogen-bond acceptors (Lipinski definition) is 4. The van der Waals surface area contributed by atoms with Crippen molar-refractivity contribution in [1.82, 2.24) is 4.90 Å². The summed E-state index contributed by atoms with van der Waals surface area (Å²) in [6, 6.07) is 0.552. The standard InChI is InChI=1S/C10H16INO3/c1-12-6-3-4-7(12)8(9(13)15-2)10(11,14)5-6/h6-8,14H,3-5H2,1-2H3. The molecule has 2 aliphatic rings. The van der Waals surface area contributed by atoms with Crippen molar-refractivity contribution in [3.8, 4) is 0 Å². The highest BCUT2D eigenvalue weighted by Gasteiger charge is 2.55. The maximum absolute atomic E-state index is 11.7. The van der Waals surface area contributed by atoms with Crippen molar-refractivity contribution < 1.29 is 14.6 Å². The minimum Gasteiger partial charge on any atom is -0.469 e. The zero-order chi connectivity index (χ0) is 11.2. The normalized spacial score (nSPS) is 45.5. The topological polar surface area (TPSA) is 49.8 Å². The van der Waals surface area contributed by atoms with E-state index in [1.54, 1.807) is 0 Å². The smallest absolute Gasteiger partial charge is 0.314 e. The largest absolute Gasteiger partial charge is 0.469 e. The maximum atomic E-state index is 11.7. The van der Waals surface area contributed by atoms with Crippen LogP contribution in [0.1, 0.15) is 19.3 Å². The lowest BCUT2D eigenvalue weighted by molar-refractivity contribution is -0.156. The first-order valence-corrected chi connectivity index (χ1v) is 6.26. The van der Waals surface area contributed by atoms with Gasteiger partial charge in [0.1, 0.15) is 9.53 Å². The third-order valence-corrected chi connectivity index (χ3v) is 4.84. The number of rotatable bonds is 1. The van der Waals surface area contributed by atoms with Gasteiger partial charge in [0.25, 0.3) is 0 Å². The predicted octanol–water partition coefficient (Wildman–Crippen LogP) is 0.766. The Balaban J connectivity index is 2.28. The monoisotopic (exact) mass is 325 g/mol. The summed E-state index contributed by atoms with van der Waals surface area (Å²) in [4.78, 5) is 13.9. The van der Waals surface area contributed by atoms with Crippen LogP contribution >= 0.6 is 22.6 Å². The molecule has 4 unspecified atom stereocenters. The first-order valence-electron chi connectivity index (χ1n) is 5.18. The van der Waals surface area contributed by atoms with Gasteiger partial charge in [0.15, 0.2) is 0 Å². The van der Waals surface area contributed by atoms with Crippen LogP contribution in [0, 0.1) is 5.92 Å². The average Bonchev–Trinajstić information content (AvgIpc) is 2.43. The van der Waals surface area contributed by atoms with E-state index < -0.39 is 9.53 Å². The highest BCUT2D eigenvalue weighted by Crippen LogP contribution is 2.47. The van der Waals surface area contributed by atoms with Crippen LogP contribution in [-0.2, 0) is 9.53 Å². The van der Waals surface area contributed by atoms with Gasteiger partial charge in [-0.3, -0.25) is 9.69 Å². The number of nitrogens with zero attached hydrogens (tertiary/aromatic N) is 1. The summed E-state index contributed by atoms with van der Waals surface area (Å²) in [6.45, 7) is 0. The molecule has 2 saturated heterocycles. The lowest BCUT2D eigenvalue weighted by atomic mass is 9.88. The summed E-state index contributed by atoms with van der Waals surface area (Å²) in [5.74, 6) is -0.698. The molecule has 2 rings (SSSR count). The van der Waals surface area contributed by atoms with E-state index in [1.807, 2.05) is 29.6 Å². The minimum absolute atomic E-state index is 0.137. The number of halogens is 1. The van der Waals surface area contributed by atoms with Gasteiger partial charge in [0, 0.05) is 18.5 Å². The molecule has 0 saturated carbocycles. The van der Waals surface area contributed by atoms with Crippen molar-refractivity contribution in [3.63, 3.8) is 0 Å². The van der Waals surface area contributed by atoms with Crippen LogP contribution in [0.25, 0.3) is 0 Å². The van der Waals surface area contributed by atoms with E-state index in [0.29, 0.717) is 12.5 Å². The second-order valence-electron chi connectivity index (χ2n) is 4.49. The van der Waals surface area contributed by atoms with Gasteiger partial charge < -0.3 is 9.84 Å². The fraction of sp³-hybridized carbons (Fsp3) is 0.900. The summed E-state index contributed by atoms with van der Waals surface area (Å²) >= 11 is 2.00. The number of alkyl halides is 1. The molecule has 0 aromatic carbocycles. The summed E-state index contributed by atoms with van der Waals surface area (Å²) in [5.41, 5.74) is 0. The highest BCUT2D eigenvalue weighted by atomic mass is 127.